The molecule has 0 fully saturated rings. The SMILES string of the molecule is Cc1ccc(C(=O)CCC(=O)NC(c2ccccc2)C(C)(C)C)s1. The lowest BCUT2D eigenvalue weighted by molar-refractivity contribution is -0.122. The Morgan fingerprint density at radius 3 is 2.25 bits per heavy atom. The van der Waals surface area contributed by atoms with Gasteiger partial charge in [0.1, 0.15) is 0 Å². The molecule has 0 spiro atoms. The van der Waals surface area contributed by atoms with Gasteiger partial charge in [0.05, 0.1) is 10.9 Å². The molecule has 3 nitrogen and oxygen atoms in total. The summed E-state index contributed by atoms with van der Waals surface area (Å²) in [5, 5.41) is 3.10. The first-order valence-electron chi connectivity index (χ1n) is 8.21. The molecule has 1 atom stereocenters. The minimum atomic E-state index is -0.105. The van der Waals surface area contributed by atoms with Crippen LogP contribution in [0.4, 0.5) is 0 Å². The molecule has 1 aromatic heterocycles. The molecule has 2 rings (SSSR count). The molecule has 24 heavy (non-hydrogen) atoms. The number of aryl methyl sites for hydroxylation is 1. The second-order valence-corrected chi connectivity index (χ2v) is 8.40. The number of nitrogens with one attached hydrogen (secondary N) is 1. The third-order valence-corrected chi connectivity index (χ3v) is 4.94. The Labute approximate surface area is 148 Å². The highest BCUT2D eigenvalue weighted by Crippen LogP contribution is 2.32. The number of hydrogen-bond acceptors (Lipinski definition) is 3. The summed E-state index contributed by atoms with van der Waals surface area (Å²) >= 11 is 1.48. The molecule has 1 heterocycles. The molecular formula is C20H25NO2S. The highest BCUT2D eigenvalue weighted by atomic mass is 32.1. The molecule has 0 aliphatic heterocycles. The maximum Gasteiger partial charge on any atom is 0.220 e. The Hall–Kier alpha value is -1.94. The summed E-state index contributed by atoms with van der Waals surface area (Å²) in [5.41, 5.74) is 0.977. The average molecular weight is 343 g/mol. The van der Waals surface area contributed by atoms with E-state index in [1.807, 2.05) is 49.4 Å². The fourth-order valence-corrected chi connectivity index (χ4v) is 3.45. The standard InChI is InChI=1S/C20H25NO2S/c1-14-10-12-17(24-14)16(22)11-13-18(23)21-19(20(2,3)4)15-8-6-5-7-9-15/h5-10,12,19H,11,13H2,1-4H3,(H,21,23). The van der Waals surface area contributed by atoms with Crippen molar-refractivity contribution in [2.24, 2.45) is 5.41 Å². The summed E-state index contributed by atoms with van der Waals surface area (Å²) in [6, 6.07) is 13.7. The molecule has 0 radical (unpaired) electrons. The van der Waals surface area contributed by atoms with E-state index in [1.165, 1.54) is 11.3 Å². The van der Waals surface area contributed by atoms with E-state index in [9.17, 15) is 9.59 Å². The minimum Gasteiger partial charge on any atom is -0.349 e. The molecule has 1 N–H and O–H groups in total. The van der Waals surface area contributed by atoms with Crippen LogP contribution in [0.5, 0.6) is 0 Å². The van der Waals surface area contributed by atoms with Gasteiger partial charge in [-0.15, -0.1) is 11.3 Å². The fourth-order valence-electron chi connectivity index (χ4n) is 2.61. The first-order valence-corrected chi connectivity index (χ1v) is 9.03. The number of hydrogen-bond donors (Lipinski definition) is 1. The molecule has 0 saturated heterocycles. The smallest absolute Gasteiger partial charge is 0.220 e. The average Bonchev–Trinajstić information content (AvgIpc) is 2.96. The van der Waals surface area contributed by atoms with Crippen molar-refractivity contribution >= 4 is 23.0 Å². The zero-order chi connectivity index (χ0) is 17.7. The number of amides is 1. The monoisotopic (exact) mass is 343 g/mol. The summed E-state index contributed by atoms with van der Waals surface area (Å²) in [5.74, 6) is -0.0457. The van der Waals surface area contributed by atoms with Crippen molar-refractivity contribution in [3.63, 3.8) is 0 Å². The molecule has 0 bridgehead atoms. The zero-order valence-corrected chi connectivity index (χ0v) is 15.6. The van der Waals surface area contributed by atoms with E-state index in [0.29, 0.717) is 0 Å². The Morgan fingerprint density at radius 1 is 1.04 bits per heavy atom. The van der Waals surface area contributed by atoms with E-state index >= 15 is 0 Å². The first-order chi connectivity index (χ1) is 11.3. The van der Waals surface area contributed by atoms with Gasteiger partial charge in [-0.1, -0.05) is 51.1 Å². The predicted octanol–water partition coefficient (Wildman–Crippen LogP) is 4.92. The summed E-state index contributed by atoms with van der Waals surface area (Å²) in [6.45, 7) is 8.28. The van der Waals surface area contributed by atoms with Gasteiger partial charge in [0, 0.05) is 17.7 Å². The van der Waals surface area contributed by atoms with Gasteiger partial charge in [0.25, 0.3) is 0 Å². The summed E-state index contributed by atoms with van der Waals surface area (Å²) in [7, 11) is 0. The molecule has 2 aromatic rings. The molecular weight excluding hydrogens is 318 g/mol. The number of Topliss-reactive ketones (excluding diaryl/α,β-unsaturated/α-hetero) is 1. The van der Waals surface area contributed by atoms with E-state index in [4.69, 9.17) is 0 Å². The Bertz CT molecular complexity index is 698. The largest absolute Gasteiger partial charge is 0.349 e. The zero-order valence-electron chi connectivity index (χ0n) is 14.8. The van der Waals surface area contributed by atoms with Gasteiger partial charge in [-0.2, -0.15) is 0 Å². The molecule has 1 amide bonds. The van der Waals surface area contributed by atoms with Crippen molar-refractivity contribution in [3.8, 4) is 0 Å². The first kappa shape index (κ1) is 18.4. The molecule has 0 saturated carbocycles. The Kier molecular flexibility index (Phi) is 5.94. The predicted molar refractivity (Wildman–Crippen MR) is 99.4 cm³/mol. The van der Waals surface area contributed by atoms with Gasteiger partial charge >= 0.3 is 0 Å². The fraction of sp³-hybridized carbons (Fsp3) is 0.400. The maximum atomic E-state index is 12.4. The molecule has 0 aliphatic rings. The Balaban J connectivity index is 1.97. The molecule has 128 valence electrons. The molecule has 1 aromatic carbocycles. The second kappa shape index (κ2) is 7.75. The number of carbonyl (C=O) groups excluding carboxylic acids is 2. The van der Waals surface area contributed by atoms with Crippen LogP contribution in [0, 0.1) is 12.3 Å². The molecule has 4 heteroatoms. The van der Waals surface area contributed by atoms with Gasteiger partial charge in [0.2, 0.25) is 5.91 Å². The van der Waals surface area contributed by atoms with E-state index in [2.05, 4.69) is 26.1 Å². The van der Waals surface area contributed by atoms with Crippen LogP contribution < -0.4 is 5.32 Å². The highest BCUT2D eigenvalue weighted by Gasteiger charge is 2.27. The molecule has 1 unspecified atom stereocenters. The number of benzene rings is 1. The van der Waals surface area contributed by atoms with E-state index in [1.54, 1.807) is 0 Å². The maximum absolute atomic E-state index is 12.4. The number of carbonyl (C=O) groups is 2. The second-order valence-electron chi connectivity index (χ2n) is 7.11. The summed E-state index contributed by atoms with van der Waals surface area (Å²) in [4.78, 5) is 26.3. The van der Waals surface area contributed by atoms with Crippen molar-refractivity contribution in [3.05, 3.63) is 57.8 Å². The van der Waals surface area contributed by atoms with Gasteiger partial charge in [0.15, 0.2) is 5.78 Å². The summed E-state index contributed by atoms with van der Waals surface area (Å²) in [6.07, 6.45) is 0.465. The number of ketones is 1. The van der Waals surface area contributed by atoms with Crippen LogP contribution in [-0.4, -0.2) is 11.7 Å². The van der Waals surface area contributed by atoms with Crippen LogP contribution in [0.3, 0.4) is 0 Å². The number of thiophene rings is 1. The minimum absolute atomic E-state index is 0.0373. The van der Waals surface area contributed by atoms with Crippen molar-refractivity contribution < 1.29 is 9.59 Å². The summed E-state index contributed by atoms with van der Waals surface area (Å²) < 4.78 is 0. The number of rotatable bonds is 6. The van der Waals surface area contributed by atoms with Gasteiger partial charge in [-0.25, -0.2) is 0 Å². The topological polar surface area (TPSA) is 46.2 Å². The lowest BCUT2D eigenvalue weighted by atomic mass is 9.82. The third kappa shape index (κ3) is 5.03. The van der Waals surface area contributed by atoms with Crippen LogP contribution in [0.1, 0.15) is 59.8 Å². The van der Waals surface area contributed by atoms with Crippen molar-refractivity contribution in [1.82, 2.24) is 5.32 Å². The highest BCUT2D eigenvalue weighted by molar-refractivity contribution is 7.14. The van der Waals surface area contributed by atoms with Gasteiger partial charge < -0.3 is 5.32 Å². The van der Waals surface area contributed by atoms with Crippen LogP contribution in [0.15, 0.2) is 42.5 Å². The van der Waals surface area contributed by atoms with Crippen LogP contribution in [0.25, 0.3) is 0 Å². The van der Waals surface area contributed by atoms with Gasteiger partial charge in [-0.05, 0) is 30.0 Å². The normalized spacial score (nSPS) is 12.7. The van der Waals surface area contributed by atoms with Crippen LogP contribution in [0.2, 0.25) is 0 Å². The van der Waals surface area contributed by atoms with Crippen LogP contribution >= 0.6 is 11.3 Å². The van der Waals surface area contributed by atoms with Crippen molar-refractivity contribution in [2.75, 3.05) is 0 Å². The van der Waals surface area contributed by atoms with Gasteiger partial charge in [-0.3, -0.25) is 9.59 Å². The molecule has 0 aliphatic carbocycles. The third-order valence-electron chi connectivity index (χ3n) is 3.90. The van der Waals surface area contributed by atoms with Crippen molar-refractivity contribution in [1.29, 1.82) is 0 Å². The lowest BCUT2D eigenvalue weighted by Gasteiger charge is -2.32. The Morgan fingerprint density at radius 2 is 1.71 bits per heavy atom. The van der Waals surface area contributed by atoms with Crippen LogP contribution in [-0.2, 0) is 4.79 Å². The van der Waals surface area contributed by atoms with E-state index in [0.717, 1.165) is 15.3 Å². The lowest BCUT2D eigenvalue weighted by Crippen LogP contribution is -2.36. The van der Waals surface area contributed by atoms with E-state index < -0.39 is 0 Å². The van der Waals surface area contributed by atoms with Crippen molar-refractivity contribution in [2.45, 2.75) is 46.6 Å². The van der Waals surface area contributed by atoms with E-state index in [-0.39, 0.29) is 36.0 Å². The quantitative estimate of drug-likeness (QED) is 0.757.